The Bertz CT molecular complexity index is 485. The van der Waals surface area contributed by atoms with Crippen molar-refractivity contribution in [3.05, 3.63) is 0 Å². The Morgan fingerprint density at radius 3 is 2.30 bits per heavy atom. The maximum Gasteiger partial charge on any atom is 0.323 e. The molecule has 20 heavy (non-hydrogen) atoms. The van der Waals surface area contributed by atoms with Gasteiger partial charge in [0.05, 0.1) is 11.5 Å². The van der Waals surface area contributed by atoms with Crippen LogP contribution in [-0.2, 0) is 19.4 Å². The number of likely N-dealkylation sites (N-methyl/N-ethyl adjacent to an activating group) is 1. The van der Waals surface area contributed by atoms with Crippen LogP contribution in [-0.4, -0.2) is 80.9 Å². The topological polar surface area (TPSA) is 98.8 Å². The molecular weight excluding hydrogens is 284 g/mol. The molecule has 9 heteroatoms. The number of nitrogens with zero attached hydrogens (tertiary/aromatic N) is 2. The largest absolute Gasteiger partial charge is 0.344 e. The minimum absolute atomic E-state index is 0.0675. The standard InChI is InChI=1S/C11H20N4O4S/c1-14-3-5-15(6-4-14)13-11(17)10(16)12-9-2-7-20(18,19)8-9/h9H,2-8H2,1H3,(H,12,16)(H,13,17). The second-order valence-corrected chi connectivity index (χ2v) is 7.53. The Hall–Kier alpha value is -1.19. The lowest BCUT2D eigenvalue weighted by Gasteiger charge is -2.32. The van der Waals surface area contributed by atoms with Gasteiger partial charge in [-0.25, -0.2) is 13.4 Å². The second kappa shape index (κ2) is 6.06. The van der Waals surface area contributed by atoms with E-state index in [1.54, 1.807) is 5.01 Å². The third-order valence-electron chi connectivity index (χ3n) is 3.54. The first-order valence-corrected chi connectivity index (χ1v) is 8.43. The van der Waals surface area contributed by atoms with Crippen LogP contribution < -0.4 is 10.7 Å². The highest BCUT2D eigenvalue weighted by atomic mass is 32.2. The van der Waals surface area contributed by atoms with Gasteiger partial charge in [-0.15, -0.1) is 0 Å². The summed E-state index contributed by atoms with van der Waals surface area (Å²) >= 11 is 0. The lowest BCUT2D eigenvalue weighted by atomic mass is 10.2. The molecule has 0 radical (unpaired) electrons. The zero-order valence-electron chi connectivity index (χ0n) is 11.5. The first-order valence-electron chi connectivity index (χ1n) is 6.61. The fraction of sp³-hybridized carbons (Fsp3) is 0.818. The predicted molar refractivity (Wildman–Crippen MR) is 72.4 cm³/mol. The summed E-state index contributed by atoms with van der Waals surface area (Å²) in [7, 11) is -1.07. The number of amides is 2. The van der Waals surface area contributed by atoms with E-state index in [4.69, 9.17) is 0 Å². The normalized spacial score (nSPS) is 27.1. The number of carbonyl (C=O) groups is 2. The molecule has 2 aliphatic heterocycles. The van der Waals surface area contributed by atoms with Gasteiger partial charge in [0.2, 0.25) is 0 Å². The Morgan fingerprint density at radius 2 is 1.75 bits per heavy atom. The van der Waals surface area contributed by atoms with E-state index in [9.17, 15) is 18.0 Å². The van der Waals surface area contributed by atoms with E-state index in [1.807, 2.05) is 7.05 Å². The third kappa shape index (κ3) is 4.15. The van der Waals surface area contributed by atoms with Crippen LogP contribution in [0.1, 0.15) is 6.42 Å². The highest BCUT2D eigenvalue weighted by Gasteiger charge is 2.30. The molecule has 0 aliphatic carbocycles. The zero-order chi connectivity index (χ0) is 14.8. The molecule has 2 fully saturated rings. The van der Waals surface area contributed by atoms with E-state index in [0.717, 1.165) is 13.1 Å². The van der Waals surface area contributed by atoms with Gasteiger partial charge in [-0.05, 0) is 13.5 Å². The van der Waals surface area contributed by atoms with Crippen LogP contribution in [0.4, 0.5) is 0 Å². The van der Waals surface area contributed by atoms with Crippen molar-refractivity contribution in [3.63, 3.8) is 0 Å². The van der Waals surface area contributed by atoms with E-state index < -0.39 is 27.7 Å². The molecule has 2 amide bonds. The highest BCUT2D eigenvalue weighted by Crippen LogP contribution is 2.10. The van der Waals surface area contributed by atoms with Gasteiger partial charge < -0.3 is 10.2 Å². The van der Waals surface area contributed by atoms with Crippen molar-refractivity contribution in [2.24, 2.45) is 0 Å². The average Bonchev–Trinajstić information content (AvgIpc) is 2.71. The van der Waals surface area contributed by atoms with Gasteiger partial charge in [0.15, 0.2) is 9.84 Å². The van der Waals surface area contributed by atoms with E-state index in [1.165, 1.54) is 0 Å². The Balaban J connectivity index is 1.76. The summed E-state index contributed by atoms with van der Waals surface area (Å²) in [6, 6.07) is -0.453. The lowest BCUT2D eigenvalue weighted by molar-refractivity contribution is -0.143. The minimum atomic E-state index is -3.06. The molecule has 2 saturated heterocycles. The molecule has 2 N–H and O–H groups in total. The molecule has 1 unspecified atom stereocenters. The number of piperazine rings is 1. The minimum Gasteiger partial charge on any atom is -0.344 e. The van der Waals surface area contributed by atoms with Crippen molar-refractivity contribution in [3.8, 4) is 0 Å². The average molecular weight is 304 g/mol. The summed E-state index contributed by atoms with van der Waals surface area (Å²) in [5, 5.41) is 4.17. The smallest absolute Gasteiger partial charge is 0.323 e. The molecule has 0 saturated carbocycles. The van der Waals surface area contributed by atoms with Crippen LogP contribution in [0.5, 0.6) is 0 Å². The van der Waals surface area contributed by atoms with E-state index >= 15 is 0 Å². The van der Waals surface area contributed by atoms with Crippen molar-refractivity contribution in [1.82, 2.24) is 20.7 Å². The number of nitrogens with one attached hydrogen (secondary N) is 2. The van der Waals surface area contributed by atoms with Gasteiger partial charge in [0.1, 0.15) is 0 Å². The third-order valence-corrected chi connectivity index (χ3v) is 5.30. The van der Waals surface area contributed by atoms with E-state index in [-0.39, 0.29) is 11.5 Å². The SMILES string of the molecule is CN1CCN(NC(=O)C(=O)NC2CCS(=O)(=O)C2)CC1. The number of sulfone groups is 1. The van der Waals surface area contributed by atoms with Gasteiger partial charge in [-0.2, -0.15) is 0 Å². The highest BCUT2D eigenvalue weighted by molar-refractivity contribution is 7.91. The van der Waals surface area contributed by atoms with Crippen LogP contribution in [0.3, 0.4) is 0 Å². The molecule has 0 aromatic rings. The van der Waals surface area contributed by atoms with Crippen molar-refractivity contribution in [2.75, 3.05) is 44.7 Å². The van der Waals surface area contributed by atoms with Gasteiger partial charge >= 0.3 is 11.8 Å². The Kier molecular flexibility index (Phi) is 4.61. The lowest BCUT2D eigenvalue weighted by Crippen LogP contribution is -2.56. The number of carbonyl (C=O) groups excluding carboxylic acids is 2. The number of hydrogen-bond acceptors (Lipinski definition) is 6. The molecule has 2 aliphatic rings. The summed E-state index contributed by atoms with van der Waals surface area (Å²) in [6.07, 6.45) is 0.371. The summed E-state index contributed by atoms with van der Waals surface area (Å²) in [5.74, 6) is -1.52. The molecule has 0 bridgehead atoms. The molecule has 2 heterocycles. The van der Waals surface area contributed by atoms with Crippen LogP contribution in [0.25, 0.3) is 0 Å². The molecule has 114 valence electrons. The fourth-order valence-electron chi connectivity index (χ4n) is 2.27. The summed E-state index contributed by atoms with van der Waals surface area (Å²) in [6.45, 7) is 2.96. The molecule has 0 aromatic heterocycles. The van der Waals surface area contributed by atoms with Crippen molar-refractivity contribution in [2.45, 2.75) is 12.5 Å². The Labute approximate surface area is 118 Å². The zero-order valence-corrected chi connectivity index (χ0v) is 12.3. The van der Waals surface area contributed by atoms with Crippen molar-refractivity contribution in [1.29, 1.82) is 0 Å². The van der Waals surface area contributed by atoms with Gasteiger partial charge in [-0.3, -0.25) is 15.0 Å². The molecule has 8 nitrogen and oxygen atoms in total. The monoisotopic (exact) mass is 304 g/mol. The quantitative estimate of drug-likeness (QED) is 0.550. The molecule has 1 atom stereocenters. The fourth-order valence-corrected chi connectivity index (χ4v) is 3.95. The summed E-state index contributed by atoms with van der Waals surface area (Å²) < 4.78 is 22.6. The molecule has 0 aromatic carbocycles. The first-order chi connectivity index (χ1) is 9.35. The number of rotatable bonds is 2. The molecule has 2 rings (SSSR count). The van der Waals surface area contributed by atoms with Crippen LogP contribution >= 0.6 is 0 Å². The molecule has 0 spiro atoms. The number of hydrazine groups is 1. The molecular formula is C11H20N4O4S. The van der Waals surface area contributed by atoms with Gasteiger partial charge in [0, 0.05) is 32.2 Å². The van der Waals surface area contributed by atoms with Crippen molar-refractivity contribution < 1.29 is 18.0 Å². The maximum absolute atomic E-state index is 11.7. The second-order valence-electron chi connectivity index (χ2n) is 5.30. The van der Waals surface area contributed by atoms with E-state index in [0.29, 0.717) is 19.5 Å². The first kappa shape index (κ1) is 15.2. The van der Waals surface area contributed by atoms with Crippen LogP contribution in [0.2, 0.25) is 0 Å². The van der Waals surface area contributed by atoms with Gasteiger partial charge in [0.25, 0.3) is 0 Å². The predicted octanol–water partition coefficient (Wildman–Crippen LogP) is -2.43. The van der Waals surface area contributed by atoms with Crippen LogP contribution in [0.15, 0.2) is 0 Å². The maximum atomic E-state index is 11.7. The Morgan fingerprint density at radius 1 is 1.10 bits per heavy atom. The number of hydrogen-bond donors (Lipinski definition) is 2. The van der Waals surface area contributed by atoms with Gasteiger partial charge in [-0.1, -0.05) is 0 Å². The van der Waals surface area contributed by atoms with Crippen LogP contribution in [0, 0.1) is 0 Å². The van der Waals surface area contributed by atoms with Crippen molar-refractivity contribution >= 4 is 21.7 Å². The van der Waals surface area contributed by atoms with E-state index in [2.05, 4.69) is 15.6 Å². The summed E-state index contributed by atoms with van der Waals surface area (Å²) in [4.78, 5) is 25.5. The summed E-state index contributed by atoms with van der Waals surface area (Å²) in [5.41, 5.74) is 2.54.